The van der Waals surface area contributed by atoms with Gasteiger partial charge in [0, 0.05) is 12.6 Å². The van der Waals surface area contributed by atoms with Crippen LogP contribution in [0.4, 0.5) is 0 Å². The number of fused-ring (bicyclic) bond motifs is 10. The molecular formula is C54H38N2. The Labute approximate surface area is 328 Å². The zero-order valence-electron chi connectivity index (χ0n) is 31.1. The molecule has 0 N–H and O–H groups in total. The van der Waals surface area contributed by atoms with Crippen molar-refractivity contribution in [1.29, 1.82) is 0 Å². The molecule has 56 heavy (non-hydrogen) atoms. The fourth-order valence-corrected chi connectivity index (χ4v) is 9.69. The van der Waals surface area contributed by atoms with Crippen LogP contribution in [0.5, 0.6) is 0 Å². The average molecular weight is 715 g/mol. The predicted octanol–water partition coefficient (Wildman–Crippen LogP) is 12.8. The van der Waals surface area contributed by atoms with Crippen molar-refractivity contribution in [1.82, 2.24) is 4.90 Å². The van der Waals surface area contributed by atoms with Crippen LogP contribution in [0.3, 0.4) is 0 Å². The summed E-state index contributed by atoms with van der Waals surface area (Å²) in [5.41, 5.74) is 19.7. The Morgan fingerprint density at radius 1 is 0.411 bits per heavy atom. The van der Waals surface area contributed by atoms with E-state index < -0.39 is 0 Å². The van der Waals surface area contributed by atoms with E-state index in [-0.39, 0.29) is 11.5 Å². The maximum atomic E-state index is 5.25. The van der Waals surface area contributed by atoms with Crippen molar-refractivity contribution in [3.63, 3.8) is 0 Å². The molecule has 3 aliphatic rings. The minimum atomic E-state index is -0.355. The summed E-state index contributed by atoms with van der Waals surface area (Å²) in [4.78, 5) is 7.54. The van der Waals surface area contributed by atoms with Crippen LogP contribution in [-0.2, 0) is 5.41 Å². The monoisotopic (exact) mass is 714 g/mol. The van der Waals surface area contributed by atoms with Crippen LogP contribution in [0.2, 0.25) is 0 Å². The Bertz CT molecular complexity index is 2820. The van der Waals surface area contributed by atoms with E-state index in [9.17, 15) is 0 Å². The molecule has 0 radical (unpaired) electrons. The van der Waals surface area contributed by atoms with Crippen LogP contribution in [0.1, 0.15) is 45.0 Å². The second-order valence-corrected chi connectivity index (χ2v) is 15.1. The molecule has 1 heterocycles. The van der Waals surface area contributed by atoms with Crippen LogP contribution in [0.25, 0.3) is 50.2 Å². The summed E-state index contributed by atoms with van der Waals surface area (Å²) in [6.45, 7) is 0. The lowest BCUT2D eigenvalue weighted by atomic mass is 9.70. The van der Waals surface area contributed by atoms with Crippen LogP contribution < -0.4 is 0 Å². The third kappa shape index (κ3) is 4.79. The molecule has 2 aliphatic carbocycles. The van der Waals surface area contributed by atoms with E-state index in [0.29, 0.717) is 0 Å². The summed E-state index contributed by atoms with van der Waals surface area (Å²) >= 11 is 0. The molecule has 0 bridgehead atoms. The van der Waals surface area contributed by atoms with Gasteiger partial charge in [-0.05, 0) is 90.0 Å². The SMILES string of the molecule is CN1C(c2ccc(-c3cccc(-c4cccc5c4-c4ccccc4C54c5ccccc5-c5ccccc54)c3)cc2)=NC(c2ccccc2)=CC1c1ccccc1. The third-order valence-electron chi connectivity index (χ3n) is 12.2. The van der Waals surface area contributed by atoms with E-state index in [2.05, 4.69) is 218 Å². The van der Waals surface area contributed by atoms with Crippen molar-refractivity contribution in [2.75, 3.05) is 7.05 Å². The highest BCUT2D eigenvalue weighted by Gasteiger charge is 2.51. The Kier molecular flexibility index (Phi) is 7.40. The molecule has 2 nitrogen and oxygen atoms in total. The smallest absolute Gasteiger partial charge is 0.137 e. The van der Waals surface area contributed by atoms with E-state index >= 15 is 0 Å². The van der Waals surface area contributed by atoms with Crippen molar-refractivity contribution in [3.05, 3.63) is 245 Å². The van der Waals surface area contributed by atoms with Gasteiger partial charge in [-0.25, -0.2) is 4.99 Å². The molecule has 0 amide bonds. The first kappa shape index (κ1) is 32.4. The van der Waals surface area contributed by atoms with Crippen molar-refractivity contribution in [2.45, 2.75) is 11.5 Å². The Morgan fingerprint density at radius 3 is 1.61 bits per heavy atom. The molecule has 8 aromatic carbocycles. The molecule has 1 unspecified atom stereocenters. The van der Waals surface area contributed by atoms with Crippen molar-refractivity contribution < 1.29 is 0 Å². The Hall–Kier alpha value is -7.03. The first-order valence-corrected chi connectivity index (χ1v) is 19.5. The fourth-order valence-electron chi connectivity index (χ4n) is 9.69. The topological polar surface area (TPSA) is 15.6 Å². The minimum Gasteiger partial charge on any atom is -0.349 e. The summed E-state index contributed by atoms with van der Waals surface area (Å²) in [6.07, 6.45) is 2.28. The quantitative estimate of drug-likeness (QED) is 0.173. The molecule has 1 spiro atoms. The highest BCUT2D eigenvalue weighted by molar-refractivity contribution is 6.04. The maximum Gasteiger partial charge on any atom is 0.137 e. The molecular weight excluding hydrogens is 677 g/mol. The summed E-state index contributed by atoms with van der Waals surface area (Å²) in [6, 6.07) is 73.3. The molecule has 0 saturated carbocycles. The number of hydrogen-bond donors (Lipinski definition) is 0. The molecule has 0 fully saturated rings. The van der Waals surface area contributed by atoms with Gasteiger partial charge in [-0.2, -0.15) is 0 Å². The number of hydrogen-bond acceptors (Lipinski definition) is 2. The maximum absolute atomic E-state index is 5.25. The van der Waals surface area contributed by atoms with Crippen LogP contribution >= 0.6 is 0 Å². The molecule has 0 aromatic heterocycles. The van der Waals surface area contributed by atoms with Crippen LogP contribution in [0.15, 0.2) is 211 Å². The van der Waals surface area contributed by atoms with Crippen LogP contribution in [0, 0.1) is 0 Å². The number of likely N-dealkylation sites (N-methyl/N-ethyl adjacent to an activating group) is 1. The summed E-state index contributed by atoms with van der Waals surface area (Å²) in [5, 5.41) is 0. The largest absolute Gasteiger partial charge is 0.349 e. The van der Waals surface area contributed by atoms with Gasteiger partial charge in [0.1, 0.15) is 5.84 Å². The predicted molar refractivity (Wildman–Crippen MR) is 232 cm³/mol. The number of benzene rings is 8. The normalized spacial score (nSPS) is 15.7. The molecule has 2 heteroatoms. The number of rotatable bonds is 5. The minimum absolute atomic E-state index is 0.0679. The first-order valence-electron chi connectivity index (χ1n) is 19.5. The first-order chi connectivity index (χ1) is 27.7. The molecule has 11 rings (SSSR count). The fraction of sp³-hybridized carbons (Fsp3) is 0.0556. The summed E-state index contributed by atoms with van der Waals surface area (Å²) in [7, 11) is 2.15. The highest BCUT2D eigenvalue weighted by Crippen LogP contribution is 2.63. The van der Waals surface area contributed by atoms with Crippen LogP contribution in [-0.4, -0.2) is 17.8 Å². The van der Waals surface area contributed by atoms with Gasteiger partial charge in [-0.1, -0.05) is 194 Å². The Balaban J connectivity index is 0.994. The van der Waals surface area contributed by atoms with Crippen molar-refractivity contribution in [2.24, 2.45) is 4.99 Å². The van der Waals surface area contributed by atoms with Gasteiger partial charge in [-0.3, -0.25) is 0 Å². The standard InChI is InChI=1S/C54H38N2/c1-56-51(38-18-6-3-7-19-38)35-50(37-16-4-2-5-17-37)55-53(56)39-32-30-36(31-33-39)40-20-14-21-41(34-40)42-25-15-29-49-52(42)45-24-10-13-28-48(45)54(49)46-26-11-8-22-43(46)44-23-9-12-27-47(44)54/h2-35,51H,1H3. The lowest BCUT2D eigenvalue weighted by molar-refractivity contribution is 0.435. The van der Waals surface area contributed by atoms with Gasteiger partial charge in [0.05, 0.1) is 17.2 Å². The molecule has 8 aromatic rings. The van der Waals surface area contributed by atoms with E-state index in [1.165, 1.54) is 72.3 Å². The van der Waals surface area contributed by atoms with Crippen molar-refractivity contribution >= 4 is 11.5 Å². The van der Waals surface area contributed by atoms with Crippen molar-refractivity contribution in [3.8, 4) is 44.5 Å². The van der Waals surface area contributed by atoms with E-state index in [4.69, 9.17) is 4.99 Å². The second kappa shape index (κ2) is 12.8. The van der Waals surface area contributed by atoms with Gasteiger partial charge in [0.2, 0.25) is 0 Å². The molecule has 1 atom stereocenters. The lowest BCUT2D eigenvalue weighted by Gasteiger charge is -2.33. The Morgan fingerprint density at radius 2 is 0.911 bits per heavy atom. The molecule has 0 saturated heterocycles. The van der Waals surface area contributed by atoms with Gasteiger partial charge in [0.15, 0.2) is 0 Å². The summed E-state index contributed by atoms with van der Waals surface area (Å²) < 4.78 is 0. The number of amidine groups is 1. The van der Waals surface area contributed by atoms with E-state index in [0.717, 1.165) is 22.7 Å². The molecule has 1 aliphatic heterocycles. The lowest BCUT2D eigenvalue weighted by Crippen LogP contribution is -2.33. The van der Waals surface area contributed by atoms with Gasteiger partial charge in [-0.15, -0.1) is 0 Å². The summed E-state index contributed by atoms with van der Waals surface area (Å²) in [5.74, 6) is 0.961. The number of aliphatic imine (C=N–C) groups is 1. The van der Waals surface area contributed by atoms with E-state index in [1.807, 2.05) is 0 Å². The van der Waals surface area contributed by atoms with E-state index in [1.54, 1.807) is 0 Å². The average Bonchev–Trinajstić information content (AvgIpc) is 3.75. The zero-order valence-corrected chi connectivity index (χ0v) is 31.1. The van der Waals surface area contributed by atoms with Gasteiger partial charge >= 0.3 is 0 Å². The number of nitrogens with zero attached hydrogens (tertiary/aromatic N) is 2. The highest BCUT2D eigenvalue weighted by atomic mass is 15.2. The molecule has 264 valence electrons. The third-order valence-corrected chi connectivity index (χ3v) is 12.2. The second-order valence-electron chi connectivity index (χ2n) is 15.1. The van der Waals surface area contributed by atoms with Gasteiger partial charge in [0.25, 0.3) is 0 Å². The van der Waals surface area contributed by atoms with Gasteiger partial charge < -0.3 is 4.90 Å². The zero-order chi connectivity index (χ0) is 37.2.